The van der Waals surface area contributed by atoms with E-state index in [9.17, 15) is 9.59 Å². The fourth-order valence-electron chi connectivity index (χ4n) is 1.68. The lowest BCUT2D eigenvalue weighted by molar-refractivity contribution is -0.138. The molecule has 0 aliphatic carbocycles. The quantitative estimate of drug-likeness (QED) is 0.847. The number of nitrogens with one attached hydrogen (secondary N) is 1. The molecule has 1 atom stereocenters. The summed E-state index contributed by atoms with van der Waals surface area (Å²) >= 11 is 0. The standard InChI is InChI=1S/C14H20N2O3/c1-14(2,3)11(9-13(18)19)16-12(17)8-10-4-6-15-7-5-10/h4-7,11H,8-9H2,1-3H3,(H,16,17)(H,18,19). The van der Waals surface area contributed by atoms with Crippen LogP contribution in [0.4, 0.5) is 0 Å². The molecule has 0 spiro atoms. The first kappa shape index (κ1) is 15.1. The van der Waals surface area contributed by atoms with Crippen molar-refractivity contribution < 1.29 is 14.7 Å². The summed E-state index contributed by atoms with van der Waals surface area (Å²) < 4.78 is 0. The average Bonchev–Trinajstić information content (AvgIpc) is 2.27. The topological polar surface area (TPSA) is 79.3 Å². The van der Waals surface area contributed by atoms with E-state index >= 15 is 0 Å². The minimum absolute atomic E-state index is 0.0778. The molecule has 0 aromatic carbocycles. The first-order valence-electron chi connectivity index (χ1n) is 6.19. The maximum absolute atomic E-state index is 11.9. The number of aliphatic carboxylic acids is 1. The van der Waals surface area contributed by atoms with E-state index in [0.717, 1.165) is 5.56 Å². The van der Waals surface area contributed by atoms with Crippen molar-refractivity contribution in [2.75, 3.05) is 0 Å². The first-order valence-corrected chi connectivity index (χ1v) is 6.19. The molecule has 1 unspecified atom stereocenters. The maximum Gasteiger partial charge on any atom is 0.305 e. The van der Waals surface area contributed by atoms with Gasteiger partial charge in [0.15, 0.2) is 0 Å². The molecule has 1 amide bonds. The molecule has 1 heterocycles. The molecule has 0 bridgehead atoms. The van der Waals surface area contributed by atoms with Crippen LogP contribution in [0, 0.1) is 5.41 Å². The van der Waals surface area contributed by atoms with Crippen molar-refractivity contribution in [3.8, 4) is 0 Å². The lowest BCUT2D eigenvalue weighted by Crippen LogP contribution is -2.45. The molecule has 0 saturated heterocycles. The minimum atomic E-state index is -0.913. The second-order valence-corrected chi connectivity index (χ2v) is 5.62. The molecule has 19 heavy (non-hydrogen) atoms. The van der Waals surface area contributed by atoms with Crippen LogP contribution in [0.1, 0.15) is 32.8 Å². The number of carboxylic acids is 1. The molecule has 5 nitrogen and oxygen atoms in total. The van der Waals surface area contributed by atoms with Gasteiger partial charge in [0.2, 0.25) is 5.91 Å². The summed E-state index contributed by atoms with van der Waals surface area (Å²) in [5.41, 5.74) is 0.558. The lowest BCUT2D eigenvalue weighted by atomic mass is 9.84. The number of carbonyl (C=O) groups excluding carboxylic acids is 1. The fourth-order valence-corrected chi connectivity index (χ4v) is 1.68. The van der Waals surface area contributed by atoms with E-state index in [2.05, 4.69) is 10.3 Å². The zero-order valence-corrected chi connectivity index (χ0v) is 11.5. The van der Waals surface area contributed by atoms with Crippen LogP contribution in [-0.2, 0) is 16.0 Å². The van der Waals surface area contributed by atoms with E-state index in [1.807, 2.05) is 20.8 Å². The van der Waals surface area contributed by atoms with Crippen LogP contribution in [0.2, 0.25) is 0 Å². The van der Waals surface area contributed by atoms with Crippen LogP contribution in [0.5, 0.6) is 0 Å². The largest absolute Gasteiger partial charge is 0.481 e. The maximum atomic E-state index is 11.9. The summed E-state index contributed by atoms with van der Waals surface area (Å²) in [6.45, 7) is 5.73. The Hall–Kier alpha value is -1.91. The molecule has 0 fully saturated rings. The smallest absolute Gasteiger partial charge is 0.305 e. The number of carboxylic acid groups (broad SMARTS) is 1. The van der Waals surface area contributed by atoms with Crippen molar-refractivity contribution in [3.05, 3.63) is 30.1 Å². The Kier molecular flexibility index (Phi) is 5.03. The average molecular weight is 264 g/mol. The van der Waals surface area contributed by atoms with E-state index in [-0.39, 0.29) is 30.2 Å². The van der Waals surface area contributed by atoms with Gasteiger partial charge in [0.05, 0.1) is 12.8 Å². The van der Waals surface area contributed by atoms with Crippen LogP contribution in [-0.4, -0.2) is 28.0 Å². The van der Waals surface area contributed by atoms with E-state index in [1.165, 1.54) is 0 Å². The van der Waals surface area contributed by atoms with Gasteiger partial charge in [0.25, 0.3) is 0 Å². The minimum Gasteiger partial charge on any atom is -0.481 e. The Balaban J connectivity index is 2.64. The number of nitrogens with zero attached hydrogens (tertiary/aromatic N) is 1. The zero-order chi connectivity index (χ0) is 14.5. The summed E-state index contributed by atoms with van der Waals surface area (Å²) in [5, 5.41) is 11.7. The molecule has 1 rings (SSSR count). The molecule has 1 aromatic rings. The highest BCUT2D eigenvalue weighted by atomic mass is 16.4. The summed E-state index contributed by atoms with van der Waals surface area (Å²) in [5.74, 6) is -1.09. The summed E-state index contributed by atoms with van der Waals surface area (Å²) in [7, 11) is 0. The van der Waals surface area contributed by atoms with E-state index in [1.54, 1.807) is 24.5 Å². The summed E-state index contributed by atoms with van der Waals surface area (Å²) in [6, 6.07) is 3.14. The third-order valence-corrected chi connectivity index (χ3v) is 2.87. The van der Waals surface area contributed by atoms with Gasteiger partial charge in [-0.1, -0.05) is 20.8 Å². The van der Waals surface area contributed by atoms with Gasteiger partial charge in [-0.05, 0) is 23.1 Å². The molecular formula is C14H20N2O3. The zero-order valence-electron chi connectivity index (χ0n) is 11.5. The second kappa shape index (κ2) is 6.31. The summed E-state index contributed by atoms with van der Waals surface area (Å²) in [4.78, 5) is 26.6. The number of hydrogen-bond donors (Lipinski definition) is 2. The Morgan fingerprint density at radius 2 is 1.89 bits per heavy atom. The predicted molar refractivity (Wildman–Crippen MR) is 71.6 cm³/mol. The second-order valence-electron chi connectivity index (χ2n) is 5.62. The number of amides is 1. The van der Waals surface area contributed by atoms with Crippen molar-refractivity contribution in [1.29, 1.82) is 0 Å². The molecule has 104 valence electrons. The summed E-state index contributed by atoms with van der Waals surface area (Å²) in [6.07, 6.45) is 3.41. The Morgan fingerprint density at radius 3 is 2.37 bits per heavy atom. The van der Waals surface area contributed by atoms with Crippen LogP contribution < -0.4 is 5.32 Å². The number of pyridine rings is 1. The molecule has 0 aliphatic rings. The van der Waals surface area contributed by atoms with Gasteiger partial charge in [0.1, 0.15) is 0 Å². The third-order valence-electron chi connectivity index (χ3n) is 2.87. The number of aromatic nitrogens is 1. The third kappa shape index (κ3) is 5.50. The van der Waals surface area contributed by atoms with Crippen LogP contribution in [0.15, 0.2) is 24.5 Å². The number of rotatable bonds is 5. The van der Waals surface area contributed by atoms with Gasteiger partial charge in [-0.3, -0.25) is 14.6 Å². The van der Waals surface area contributed by atoms with E-state index in [0.29, 0.717) is 0 Å². The van der Waals surface area contributed by atoms with E-state index < -0.39 is 5.97 Å². The van der Waals surface area contributed by atoms with Crippen molar-refractivity contribution in [1.82, 2.24) is 10.3 Å². The molecule has 5 heteroatoms. The predicted octanol–water partition coefficient (Wildman–Crippen LogP) is 1.63. The highest BCUT2D eigenvalue weighted by molar-refractivity contribution is 5.79. The fraction of sp³-hybridized carbons (Fsp3) is 0.500. The highest BCUT2D eigenvalue weighted by Crippen LogP contribution is 2.22. The van der Waals surface area contributed by atoms with E-state index in [4.69, 9.17) is 5.11 Å². The number of hydrogen-bond acceptors (Lipinski definition) is 3. The normalized spacial score (nSPS) is 12.8. The van der Waals surface area contributed by atoms with Crippen molar-refractivity contribution >= 4 is 11.9 Å². The lowest BCUT2D eigenvalue weighted by Gasteiger charge is -2.30. The van der Waals surface area contributed by atoms with Crippen LogP contribution in [0.25, 0.3) is 0 Å². The molecule has 2 N–H and O–H groups in total. The van der Waals surface area contributed by atoms with Gasteiger partial charge >= 0.3 is 5.97 Å². The molecular weight excluding hydrogens is 244 g/mol. The molecule has 0 saturated carbocycles. The van der Waals surface area contributed by atoms with Gasteiger partial charge in [-0.25, -0.2) is 0 Å². The van der Waals surface area contributed by atoms with Gasteiger partial charge < -0.3 is 10.4 Å². The van der Waals surface area contributed by atoms with Crippen molar-refractivity contribution in [3.63, 3.8) is 0 Å². The Labute approximate surface area is 113 Å². The SMILES string of the molecule is CC(C)(C)C(CC(=O)O)NC(=O)Cc1ccncc1. The Morgan fingerprint density at radius 1 is 1.32 bits per heavy atom. The van der Waals surface area contributed by atoms with Crippen molar-refractivity contribution in [2.24, 2.45) is 5.41 Å². The van der Waals surface area contributed by atoms with Crippen molar-refractivity contribution in [2.45, 2.75) is 39.7 Å². The Bertz CT molecular complexity index is 438. The highest BCUT2D eigenvalue weighted by Gasteiger charge is 2.28. The van der Waals surface area contributed by atoms with Gasteiger partial charge in [-0.15, -0.1) is 0 Å². The first-order chi connectivity index (χ1) is 8.79. The van der Waals surface area contributed by atoms with Gasteiger partial charge in [-0.2, -0.15) is 0 Å². The molecule has 0 radical (unpaired) electrons. The molecule has 0 aliphatic heterocycles. The van der Waals surface area contributed by atoms with Crippen LogP contribution in [0.3, 0.4) is 0 Å². The monoisotopic (exact) mass is 264 g/mol. The molecule has 1 aromatic heterocycles. The van der Waals surface area contributed by atoms with Crippen LogP contribution >= 0.6 is 0 Å². The number of carbonyl (C=O) groups is 2. The van der Waals surface area contributed by atoms with Gasteiger partial charge in [0, 0.05) is 18.4 Å².